The van der Waals surface area contributed by atoms with Crippen LogP contribution in [0.2, 0.25) is 0 Å². The van der Waals surface area contributed by atoms with Gasteiger partial charge in [-0.3, -0.25) is 4.79 Å². The zero-order valence-corrected chi connectivity index (χ0v) is 11.7. The summed E-state index contributed by atoms with van der Waals surface area (Å²) in [4.78, 5) is 13.7. The number of nitrogens with one attached hydrogen (secondary N) is 1. The number of para-hydroxylation sites is 1. The minimum Gasteiger partial charge on any atom is -0.384 e. The third kappa shape index (κ3) is 4.06. The summed E-state index contributed by atoms with van der Waals surface area (Å²) in [6, 6.07) is 8.26. The standard InChI is InChI=1S/C15H24N2O/c1-4-13-9-7-8-10-14(13)16-12-11-15(18)17(5-2)6-3/h7-10,16H,4-6,11-12H2,1-3H3. The second-order valence-corrected chi connectivity index (χ2v) is 4.25. The van der Waals surface area contributed by atoms with E-state index in [2.05, 4.69) is 24.4 Å². The number of aryl methyl sites for hydroxylation is 1. The number of carbonyl (C=O) groups excluding carboxylic acids is 1. The summed E-state index contributed by atoms with van der Waals surface area (Å²) < 4.78 is 0. The van der Waals surface area contributed by atoms with Gasteiger partial charge in [0.25, 0.3) is 0 Å². The number of benzene rings is 1. The van der Waals surface area contributed by atoms with Gasteiger partial charge in [-0.1, -0.05) is 25.1 Å². The molecule has 0 aromatic heterocycles. The molecule has 0 heterocycles. The van der Waals surface area contributed by atoms with Crippen LogP contribution in [0.25, 0.3) is 0 Å². The molecule has 0 saturated heterocycles. The summed E-state index contributed by atoms with van der Waals surface area (Å²) in [5.74, 6) is 0.224. The van der Waals surface area contributed by atoms with Crippen molar-refractivity contribution in [1.29, 1.82) is 0 Å². The topological polar surface area (TPSA) is 32.3 Å². The van der Waals surface area contributed by atoms with E-state index in [9.17, 15) is 4.79 Å². The van der Waals surface area contributed by atoms with Crippen LogP contribution in [0.15, 0.2) is 24.3 Å². The molecule has 1 N–H and O–H groups in total. The van der Waals surface area contributed by atoms with E-state index in [1.54, 1.807) is 0 Å². The zero-order chi connectivity index (χ0) is 13.4. The Kier molecular flexibility index (Phi) is 6.26. The highest BCUT2D eigenvalue weighted by atomic mass is 16.2. The van der Waals surface area contributed by atoms with Crippen molar-refractivity contribution in [3.8, 4) is 0 Å². The molecule has 0 radical (unpaired) electrons. The fourth-order valence-electron chi connectivity index (χ4n) is 2.04. The maximum atomic E-state index is 11.8. The smallest absolute Gasteiger partial charge is 0.224 e. The van der Waals surface area contributed by atoms with Crippen molar-refractivity contribution < 1.29 is 4.79 Å². The van der Waals surface area contributed by atoms with Gasteiger partial charge < -0.3 is 10.2 Å². The van der Waals surface area contributed by atoms with Gasteiger partial charge >= 0.3 is 0 Å². The van der Waals surface area contributed by atoms with E-state index < -0.39 is 0 Å². The molecule has 1 aromatic carbocycles. The Balaban J connectivity index is 2.44. The van der Waals surface area contributed by atoms with Gasteiger partial charge in [-0.15, -0.1) is 0 Å². The Hall–Kier alpha value is -1.51. The first-order chi connectivity index (χ1) is 8.72. The lowest BCUT2D eigenvalue weighted by molar-refractivity contribution is -0.130. The molecule has 0 bridgehead atoms. The summed E-state index contributed by atoms with van der Waals surface area (Å²) in [5.41, 5.74) is 2.44. The number of amides is 1. The molecule has 18 heavy (non-hydrogen) atoms. The van der Waals surface area contributed by atoms with Crippen molar-refractivity contribution in [1.82, 2.24) is 4.90 Å². The number of nitrogens with zero attached hydrogens (tertiary/aromatic N) is 1. The van der Waals surface area contributed by atoms with Crippen LogP contribution in [0.4, 0.5) is 5.69 Å². The van der Waals surface area contributed by atoms with Gasteiger partial charge in [0.2, 0.25) is 5.91 Å². The van der Waals surface area contributed by atoms with Gasteiger partial charge in [0, 0.05) is 31.7 Å². The lowest BCUT2D eigenvalue weighted by Gasteiger charge is -2.19. The molecule has 100 valence electrons. The number of hydrogen-bond donors (Lipinski definition) is 1. The molecule has 0 unspecified atom stereocenters. The van der Waals surface area contributed by atoms with E-state index in [-0.39, 0.29) is 5.91 Å². The summed E-state index contributed by atoms with van der Waals surface area (Å²) in [5, 5.41) is 3.35. The van der Waals surface area contributed by atoms with Gasteiger partial charge in [0.05, 0.1) is 0 Å². The van der Waals surface area contributed by atoms with Crippen molar-refractivity contribution in [2.75, 3.05) is 25.0 Å². The zero-order valence-electron chi connectivity index (χ0n) is 11.7. The first-order valence-electron chi connectivity index (χ1n) is 6.82. The number of anilines is 1. The monoisotopic (exact) mass is 248 g/mol. The molecule has 0 spiro atoms. The molecule has 1 aromatic rings. The highest BCUT2D eigenvalue weighted by Gasteiger charge is 2.08. The highest BCUT2D eigenvalue weighted by Crippen LogP contribution is 2.15. The molecule has 3 nitrogen and oxygen atoms in total. The van der Waals surface area contributed by atoms with Crippen LogP contribution in [0.3, 0.4) is 0 Å². The first kappa shape index (κ1) is 14.6. The minimum atomic E-state index is 0.224. The molecule has 0 atom stereocenters. The average Bonchev–Trinajstić information content (AvgIpc) is 2.40. The van der Waals surface area contributed by atoms with Gasteiger partial charge in [-0.05, 0) is 31.9 Å². The Morgan fingerprint density at radius 3 is 2.44 bits per heavy atom. The minimum absolute atomic E-state index is 0.224. The number of hydrogen-bond acceptors (Lipinski definition) is 2. The van der Waals surface area contributed by atoms with Crippen LogP contribution in [0.1, 0.15) is 32.8 Å². The van der Waals surface area contributed by atoms with E-state index >= 15 is 0 Å². The van der Waals surface area contributed by atoms with Gasteiger partial charge in [-0.2, -0.15) is 0 Å². The van der Waals surface area contributed by atoms with Crippen LogP contribution < -0.4 is 5.32 Å². The molecular weight excluding hydrogens is 224 g/mol. The molecule has 1 rings (SSSR count). The molecule has 3 heteroatoms. The maximum Gasteiger partial charge on any atom is 0.224 e. The first-order valence-corrected chi connectivity index (χ1v) is 6.82. The highest BCUT2D eigenvalue weighted by molar-refractivity contribution is 5.76. The van der Waals surface area contributed by atoms with Crippen molar-refractivity contribution in [3.05, 3.63) is 29.8 Å². The van der Waals surface area contributed by atoms with Crippen LogP contribution in [-0.4, -0.2) is 30.4 Å². The quantitative estimate of drug-likeness (QED) is 0.804. The predicted octanol–water partition coefficient (Wildman–Crippen LogP) is 2.92. The van der Waals surface area contributed by atoms with E-state index in [0.717, 1.165) is 25.2 Å². The van der Waals surface area contributed by atoms with E-state index in [0.29, 0.717) is 13.0 Å². The Morgan fingerprint density at radius 2 is 1.83 bits per heavy atom. The summed E-state index contributed by atoms with van der Waals surface area (Å²) >= 11 is 0. The van der Waals surface area contributed by atoms with E-state index in [1.165, 1.54) is 5.56 Å². The second kappa shape index (κ2) is 7.75. The van der Waals surface area contributed by atoms with Crippen LogP contribution in [0, 0.1) is 0 Å². The lowest BCUT2D eigenvalue weighted by atomic mass is 10.1. The lowest BCUT2D eigenvalue weighted by Crippen LogP contribution is -2.31. The SMILES string of the molecule is CCc1ccccc1NCCC(=O)N(CC)CC. The van der Waals surface area contributed by atoms with Gasteiger partial charge in [-0.25, -0.2) is 0 Å². The van der Waals surface area contributed by atoms with Crippen LogP contribution in [-0.2, 0) is 11.2 Å². The summed E-state index contributed by atoms with van der Waals surface area (Å²) in [6.45, 7) is 8.46. The maximum absolute atomic E-state index is 11.8. The second-order valence-electron chi connectivity index (χ2n) is 4.25. The van der Waals surface area contributed by atoms with Gasteiger partial charge in [0.15, 0.2) is 0 Å². The predicted molar refractivity (Wildman–Crippen MR) is 76.9 cm³/mol. The average molecular weight is 248 g/mol. The van der Waals surface area contributed by atoms with Crippen LogP contribution >= 0.6 is 0 Å². The van der Waals surface area contributed by atoms with Crippen molar-refractivity contribution in [2.45, 2.75) is 33.6 Å². The fourth-order valence-corrected chi connectivity index (χ4v) is 2.04. The molecule has 1 amide bonds. The van der Waals surface area contributed by atoms with Crippen molar-refractivity contribution in [2.24, 2.45) is 0 Å². The molecule has 0 aliphatic rings. The molecule has 0 aliphatic carbocycles. The summed E-state index contributed by atoms with van der Waals surface area (Å²) in [7, 11) is 0. The normalized spacial score (nSPS) is 10.2. The number of carbonyl (C=O) groups is 1. The largest absolute Gasteiger partial charge is 0.384 e. The summed E-state index contributed by atoms with van der Waals surface area (Å²) in [6.07, 6.45) is 1.56. The third-order valence-corrected chi connectivity index (χ3v) is 3.17. The number of rotatable bonds is 7. The molecular formula is C15H24N2O. The fraction of sp³-hybridized carbons (Fsp3) is 0.533. The third-order valence-electron chi connectivity index (χ3n) is 3.17. The van der Waals surface area contributed by atoms with Crippen molar-refractivity contribution >= 4 is 11.6 Å². The molecule has 0 aliphatic heterocycles. The van der Waals surface area contributed by atoms with Crippen molar-refractivity contribution in [3.63, 3.8) is 0 Å². The van der Waals surface area contributed by atoms with Gasteiger partial charge in [0.1, 0.15) is 0 Å². The van der Waals surface area contributed by atoms with E-state index in [1.807, 2.05) is 30.9 Å². The Labute approximate surface area is 110 Å². The molecule has 0 fully saturated rings. The Bertz CT molecular complexity index is 373. The molecule has 0 saturated carbocycles. The van der Waals surface area contributed by atoms with E-state index in [4.69, 9.17) is 0 Å². The Morgan fingerprint density at radius 1 is 1.17 bits per heavy atom. The van der Waals surface area contributed by atoms with Crippen LogP contribution in [0.5, 0.6) is 0 Å².